The van der Waals surface area contributed by atoms with Gasteiger partial charge in [-0.1, -0.05) is 19.6 Å². The molecular formula is C9H23NO3Si2. The molecule has 0 fully saturated rings. The predicted molar refractivity (Wildman–Crippen MR) is 66.8 cm³/mol. The Morgan fingerprint density at radius 1 is 1.27 bits per heavy atom. The van der Waals surface area contributed by atoms with Crippen LogP contribution in [0.5, 0.6) is 0 Å². The van der Waals surface area contributed by atoms with Gasteiger partial charge in [0.25, 0.3) is 0 Å². The van der Waals surface area contributed by atoms with Crippen molar-refractivity contribution in [3.05, 3.63) is 0 Å². The van der Waals surface area contributed by atoms with E-state index < -0.39 is 22.6 Å². The monoisotopic (exact) mass is 249 g/mol. The molecule has 0 spiro atoms. The first-order valence-corrected chi connectivity index (χ1v) is 12.1. The number of hydrogen-bond donors (Lipinski definition) is 2. The van der Waals surface area contributed by atoms with Gasteiger partial charge in [-0.05, 0) is 19.6 Å². The topological polar surface area (TPSA) is 58.6 Å². The summed E-state index contributed by atoms with van der Waals surface area (Å²) < 4.78 is 5.34. The molecule has 0 bridgehead atoms. The molecular weight excluding hydrogens is 226 g/mol. The highest BCUT2D eigenvalue weighted by molar-refractivity contribution is 6.74. The number of hydrogen-bond acceptors (Lipinski definition) is 4. The van der Waals surface area contributed by atoms with Crippen LogP contribution in [-0.4, -0.2) is 40.3 Å². The van der Waals surface area contributed by atoms with Crippen molar-refractivity contribution in [2.24, 2.45) is 0 Å². The molecule has 0 aliphatic rings. The molecule has 0 aliphatic carbocycles. The highest BCUT2D eigenvalue weighted by atomic mass is 28.4. The second-order valence-corrected chi connectivity index (χ2v) is 14.9. The summed E-state index contributed by atoms with van der Waals surface area (Å²) in [6.45, 7) is 11.9. The largest absolute Gasteiger partial charge is 0.519 e. The fourth-order valence-electron chi connectivity index (χ4n) is 1.07. The summed E-state index contributed by atoms with van der Waals surface area (Å²) in [5.74, 6) is -0.320. The Morgan fingerprint density at radius 2 is 1.73 bits per heavy atom. The molecule has 15 heavy (non-hydrogen) atoms. The lowest BCUT2D eigenvalue weighted by atomic mass is 10.3. The van der Waals surface area contributed by atoms with Gasteiger partial charge >= 0.3 is 5.97 Å². The minimum atomic E-state index is -1.86. The van der Waals surface area contributed by atoms with Crippen LogP contribution in [0.2, 0.25) is 39.3 Å². The number of carbonyl (C=O) groups excluding carboxylic acids is 1. The van der Waals surface area contributed by atoms with E-state index in [2.05, 4.69) is 24.6 Å². The molecule has 0 heterocycles. The zero-order valence-electron chi connectivity index (χ0n) is 10.5. The maximum Gasteiger partial charge on any atom is 0.311 e. The van der Waals surface area contributed by atoms with Crippen molar-refractivity contribution in [3.63, 3.8) is 0 Å². The molecule has 4 nitrogen and oxygen atoms in total. The van der Waals surface area contributed by atoms with Crippen LogP contribution in [0.3, 0.4) is 0 Å². The maximum absolute atomic E-state index is 11.7. The average Bonchev–Trinajstić information content (AvgIpc) is 1.94. The van der Waals surface area contributed by atoms with Gasteiger partial charge in [-0.3, -0.25) is 4.79 Å². The van der Waals surface area contributed by atoms with Crippen LogP contribution in [0.4, 0.5) is 0 Å². The first-order valence-electron chi connectivity index (χ1n) is 5.16. The van der Waals surface area contributed by atoms with Crippen molar-refractivity contribution < 1.29 is 14.3 Å². The number of nitrogens with one attached hydrogen (secondary N) is 1. The molecule has 0 radical (unpaired) electrons. The van der Waals surface area contributed by atoms with E-state index in [-0.39, 0.29) is 12.6 Å². The molecule has 0 aliphatic heterocycles. The lowest BCUT2D eigenvalue weighted by Crippen LogP contribution is -2.54. The van der Waals surface area contributed by atoms with Crippen LogP contribution in [0, 0.1) is 0 Å². The van der Waals surface area contributed by atoms with Crippen molar-refractivity contribution in [2.45, 2.75) is 45.3 Å². The third-order valence-electron chi connectivity index (χ3n) is 1.48. The van der Waals surface area contributed by atoms with Gasteiger partial charge in [-0.25, -0.2) is 0 Å². The van der Waals surface area contributed by atoms with Crippen molar-refractivity contribution in [2.75, 3.05) is 6.61 Å². The van der Waals surface area contributed by atoms with Gasteiger partial charge in [0.1, 0.15) is 14.3 Å². The van der Waals surface area contributed by atoms with Gasteiger partial charge < -0.3 is 14.5 Å². The van der Waals surface area contributed by atoms with E-state index in [1.54, 1.807) is 0 Å². The second-order valence-electron chi connectivity index (χ2n) is 5.66. The van der Waals surface area contributed by atoms with E-state index in [9.17, 15) is 4.79 Å². The van der Waals surface area contributed by atoms with Crippen LogP contribution in [0.25, 0.3) is 0 Å². The minimum absolute atomic E-state index is 0.201. The first-order chi connectivity index (χ1) is 6.55. The summed E-state index contributed by atoms with van der Waals surface area (Å²) >= 11 is 0. The molecule has 0 saturated carbocycles. The molecule has 0 aromatic rings. The van der Waals surface area contributed by atoms with Crippen LogP contribution in [0.1, 0.15) is 0 Å². The number of rotatable bonds is 5. The van der Waals surface area contributed by atoms with E-state index in [0.29, 0.717) is 0 Å². The van der Waals surface area contributed by atoms with Gasteiger partial charge in [0, 0.05) is 0 Å². The molecule has 0 saturated heterocycles. The van der Waals surface area contributed by atoms with Crippen LogP contribution in [0.15, 0.2) is 0 Å². The van der Waals surface area contributed by atoms with Crippen molar-refractivity contribution >= 4 is 22.5 Å². The highest BCUT2D eigenvalue weighted by Gasteiger charge is 2.29. The van der Waals surface area contributed by atoms with Gasteiger partial charge in [-0.15, -0.1) is 0 Å². The zero-order chi connectivity index (χ0) is 12.3. The summed E-state index contributed by atoms with van der Waals surface area (Å²) in [5, 5.41) is 9.13. The Balaban J connectivity index is 4.36. The summed E-state index contributed by atoms with van der Waals surface area (Å²) in [6, 6.07) is -0.566. The molecule has 0 amide bonds. The average molecular weight is 249 g/mol. The summed E-state index contributed by atoms with van der Waals surface area (Å²) in [6.07, 6.45) is 0. The molecule has 0 unspecified atom stereocenters. The normalized spacial score (nSPS) is 14.9. The van der Waals surface area contributed by atoms with Crippen LogP contribution in [-0.2, 0) is 9.22 Å². The Kier molecular flexibility index (Phi) is 5.18. The Morgan fingerprint density at radius 3 is 2.00 bits per heavy atom. The van der Waals surface area contributed by atoms with E-state index in [1.165, 1.54) is 0 Å². The van der Waals surface area contributed by atoms with Crippen LogP contribution < -0.4 is 4.98 Å². The van der Waals surface area contributed by atoms with E-state index >= 15 is 0 Å². The quantitative estimate of drug-likeness (QED) is 0.718. The summed E-state index contributed by atoms with van der Waals surface area (Å²) in [7, 11) is -3.43. The number of carbonyl (C=O) groups is 1. The van der Waals surface area contributed by atoms with Gasteiger partial charge in [0.15, 0.2) is 0 Å². The predicted octanol–water partition coefficient (Wildman–Crippen LogP) is 1.15. The summed E-state index contributed by atoms with van der Waals surface area (Å²) in [4.78, 5) is 14.8. The van der Waals surface area contributed by atoms with Gasteiger partial charge in [-0.2, -0.15) is 0 Å². The Hall–Kier alpha value is -0.176. The minimum Gasteiger partial charge on any atom is -0.519 e. The molecule has 0 rings (SSSR count). The van der Waals surface area contributed by atoms with Crippen LogP contribution >= 0.6 is 0 Å². The van der Waals surface area contributed by atoms with Crippen molar-refractivity contribution in [1.29, 1.82) is 0 Å². The third-order valence-corrected chi connectivity index (χ3v) is 3.51. The molecule has 0 aromatic heterocycles. The molecule has 90 valence electrons. The molecule has 0 aromatic carbocycles. The van der Waals surface area contributed by atoms with E-state index in [1.807, 2.05) is 19.6 Å². The lowest BCUT2D eigenvalue weighted by molar-refractivity contribution is -0.138. The lowest BCUT2D eigenvalue weighted by Gasteiger charge is -2.27. The SMILES string of the molecule is C[Si](C)(C)N[C@@H](CO)C(=O)O[Si](C)(C)C. The third kappa shape index (κ3) is 7.72. The van der Waals surface area contributed by atoms with E-state index in [4.69, 9.17) is 9.53 Å². The fourth-order valence-corrected chi connectivity index (χ4v) is 3.08. The summed E-state index contributed by atoms with van der Waals surface area (Å²) in [5.41, 5.74) is 0. The number of aliphatic hydroxyl groups excluding tert-OH is 1. The van der Waals surface area contributed by atoms with Gasteiger partial charge in [0.2, 0.25) is 8.32 Å². The first kappa shape index (κ1) is 14.8. The second kappa shape index (κ2) is 5.24. The van der Waals surface area contributed by atoms with Gasteiger partial charge in [0.05, 0.1) is 6.61 Å². The maximum atomic E-state index is 11.7. The highest BCUT2D eigenvalue weighted by Crippen LogP contribution is 2.06. The Bertz CT molecular complexity index is 220. The Labute approximate surface area is 94.2 Å². The number of aliphatic hydroxyl groups is 1. The molecule has 1 atom stereocenters. The molecule has 2 N–H and O–H groups in total. The smallest absolute Gasteiger partial charge is 0.311 e. The molecule has 6 heteroatoms. The zero-order valence-corrected chi connectivity index (χ0v) is 12.5. The van der Waals surface area contributed by atoms with Crippen molar-refractivity contribution in [3.8, 4) is 0 Å². The fraction of sp³-hybridized carbons (Fsp3) is 0.889. The standard InChI is InChI=1S/C9H23NO3Si2/c1-14(2,3)10-8(7-11)9(12)13-15(4,5)6/h8,10-11H,7H2,1-6H3/t8-/m0/s1. The van der Waals surface area contributed by atoms with Crippen molar-refractivity contribution in [1.82, 2.24) is 4.98 Å². The van der Waals surface area contributed by atoms with E-state index in [0.717, 1.165) is 0 Å².